The Morgan fingerprint density at radius 3 is 3.06 bits per heavy atom. The van der Waals surface area contributed by atoms with Crippen LogP contribution >= 0.6 is 15.9 Å². The first kappa shape index (κ1) is 11.6. The predicted octanol–water partition coefficient (Wildman–Crippen LogP) is 1.15. The number of hydrogen-bond donors (Lipinski definition) is 1. The zero-order chi connectivity index (χ0) is 11.7. The van der Waals surface area contributed by atoms with Gasteiger partial charge in [0.05, 0.1) is 18.5 Å². The number of ether oxygens (including phenoxy) is 1. The van der Waals surface area contributed by atoms with Gasteiger partial charge >= 0.3 is 0 Å². The molecule has 0 spiro atoms. The van der Waals surface area contributed by atoms with E-state index in [0.717, 1.165) is 13.0 Å². The van der Waals surface area contributed by atoms with E-state index >= 15 is 0 Å². The highest BCUT2D eigenvalue weighted by molar-refractivity contribution is 9.10. The molecular formula is C10H14BrN3O2. The molecule has 1 aliphatic rings. The zero-order valence-electron chi connectivity index (χ0n) is 9.24. The number of anilines is 1. The first-order chi connectivity index (χ1) is 7.61. The summed E-state index contributed by atoms with van der Waals surface area (Å²) in [7, 11) is 1.93. The normalized spacial score (nSPS) is 24.7. The number of H-pyrrole nitrogens is 1. The van der Waals surface area contributed by atoms with E-state index in [9.17, 15) is 4.79 Å². The van der Waals surface area contributed by atoms with Crippen molar-refractivity contribution in [2.75, 3.05) is 18.6 Å². The fourth-order valence-electron chi connectivity index (χ4n) is 2.01. The molecule has 1 fully saturated rings. The third-order valence-corrected chi connectivity index (χ3v) is 3.66. The highest BCUT2D eigenvalue weighted by Crippen LogP contribution is 2.25. The Bertz CT molecular complexity index is 434. The van der Waals surface area contributed by atoms with Crippen LogP contribution in [0.4, 0.5) is 5.82 Å². The highest BCUT2D eigenvalue weighted by Gasteiger charge is 2.29. The number of aromatic amines is 1. The predicted molar refractivity (Wildman–Crippen MR) is 64.8 cm³/mol. The van der Waals surface area contributed by atoms with Crippen LogP contribution in [0.2, 0.25) is 0 Å². The third kappa shape index (κ3) is 1.99. The second-order valence-corrected chi connectivity index (χ2v) is 4.71. The molecule has 0 aliphatic carbocycles. The van der Waals surface area contributed by atoms with E-state index in [-0.39, 0.29) is 17.7 Å². The average Bonchev–Trinajstić information content (AvgIpc) is 2.68. The van der Waals surface area contributed by atoms with Gasteiger partial charge in [0.15, 0.2) is 0 Å². The summed E-state index contributed by atoms with van der Waals surface area (Å²) in [6.45, 7) is 2.80. The van der Waals surface area contributed by atoms with Crippen LogP contribution in [-0.2, 0) is 4.74 Å². The molecule has 5 nitrogen and oxygen atoms in total. The highest BCUT2D eigenvalue weighted by atomic mass is 79.9. The summed E-state index contributed by atoms with van der Waals surface area (Å²) in [6.07, 6.45) is 2.54. The van der Waals surface area contributed by atoms with E-state index in [1.165, 1.54) is 6.33 Å². The molecule has 2 atom stereocenters. The minimum atomic E-state index is -0.164. The monoisotopic (exact) mass is 287 g/mol. The van der Waals surface area contributed by atoms with Crippen molar-refractivity contribution in [1.82, 2.24) is 9.97 Å². The van der Waals surface area contributed by atoms with E-state index in [1.54, 1.807) is 0 Å². The number of hydrogen-bond acceptors (Lipinski definition) is 4. The summed E-state index contributed by atoms with van der Waals surface area (Å²) in [5.74, 6) is 0.658. The Labute approximate surface area is 102 Å². The van der Waals surface area contributed by atoms with Gasteiger partial charge in [0.25, 0.3) is 5.56 Å². The topological polar surface area (TPSA) is 58.2 Å². The molecule has 0 saturated carbocycles. The first-order valence-corrected chi connectivity index (χ1v) is 5.98. The van der Waals surface area contributed by atoms with Gasteiger partial charge in [-0.15, -0.1) is 0 Å². The van der Waals surface area contributed by atoms with Crippen molar-refractivity contribution in [1.29, 1.82) is 0 Å². The lowest BCUT2D eigenvalue weighted by molar-refractivity contribution is 0.118. The molecule has 2 rings (SSSR count). The second-order valence-electron chi connectivity index (χ2n) is 3.91. The van der Waals surface area contributed by atoms with Crippen molar-refractivity contribution >= 4 is 21.7 Å². The fourth-order valence-corrected chi connectivity index (χ4v) is 2.50. The van der Waals surface area contributed by atoms with Crippen LogP contribution in [0.1, 0.15) is 13.3 Å². The minimum Gasteiger partial charge on any atom is -0.376 e. The minimum absolute atomic E-state index is 0.164. The van der Waals surface area contributed by atoms with Gasteiger partial charge in [-0.2, -0.15) is 0 Å². The molecule has 1 aromatic heterocycles. The van der Waals surface area contributed by atoms with Gasteiger partial charge in [0.1, 0.15) is 10.3 Å². The molecule has 6 heteroatoms. The summed E-state index contributed by atoms with van der Waals surface area (Å²) in [5.41, 5.74) is -0.164. The summed E-state index contributed by atoms with van der Waals surface area (Å²) < 4.78 is 5.98. The molecule has 2 heterocycles. The van der Waals surface area contributed by atoms with E-state index in [0.29, 0.717) is 10.3 Å². The Balaban J connectivity index is 2.30. The molecule has 1 saturated heterocycles. The van der Waals surface area contributed by atoms with Crippen LogP contribution in [0.5, 0.6) is 0 Å². The fraction of sp³-hybridized carbons (Fsp3) is 0.600. The molecule has 0 aromatic carbocycles. The Morgan fingerprint density at radius 2 is 2.44 bits per heavy atom. The van der Waals surface area contributed by atoms with Crippen molar-refractivity contribution in [3.8, 4) is 0 Å². The van der Waals surface area contributed by atoms with Crippen LogP contribution in [-0.4, -0.2) is 35.8 Å². The van der Waals surface area contributed by atoms with Gasteiger partial charge in [-0.3, -0.25) is 4.79 Å². The van der Waals surface area contributed by atoms with Crippen LogP contribution in [0.3, 0.4) is 0 Å². The number of likely N-dealkylation sites (N-methyl/N-ethyl adjacent to an activating group) is 1. The Morgan fingerprint density at radius 1 is 1.69 bits per heavy atom. The molecular weight excluding hydrogens is 274 g/mol. The zero-order valence-corrected chi connectivity index (χ0v) is 10.8. The molecule has 1 N–H and O–H groups in total. The van der Waals surface area contributed by atoms with E-state index < -0.39 is 0 Å². The summed E-state index contributed by atoms with van der Waals surface area (Å²) >= 11 is 3.26. The quantitative estimate of drug-likeness (QED) is 0.887. The lowest BCUT2D eigenvalue weighted by Gasteiger charge is -2.28. The van der Waals surface area contributed by atoms with Gasteiger partial charge in [0.2, 0.25) is 0 Å². The SMILES string of the molecule is CC1OCCC1N(C)c1nc[nH]c(=O)c1Br. The molecule has 88 valence electrons. The largest absolute Gasteiger partial charge is 0.376 e. The number of rotatable bonds is 2. The molecule has 2 unspecified atom stereocenters. The van der Waals surface area contributed by atoms with E-state index in [1.807, 2.05) is 18.9 Å². The van der Waals surface area contributed by atoms with Gasteiger partial charge < -0.3 is 14.6 Å². The smallest absolute Gasteiger partial charge is 0.267 e. The maximum Gasteiger partial charge on any atom is 0.267 e. The lowest BCUT2D eigenvalue weighted by atomic mass is 10.1. The van der Waals surface area contributed by atoms with Crippen molar-refractivity contribution < 1.29 is 4.74 Å². The first-order valence-electron chi connectivity index (χ1n) is 5.19. The van der Waals surface area contributed by atoms with Crippen molar-refractivity contribution in [3.05, 3.63) is 21.2 Å². The van der Waals surface area contributed by atoms with Gasteiger partial charge in [-0.1, -0.05) is 0 Å². The van der Waals surface area contributed by atoms with Crippen molar-refractivity contribution in [2.24, 2.45) is 0 Å². The number of nitrogens with one attached hydrogen (secondary N) is 1. The molecule has 1 aliphatic heterocycles. The Kier molecular flexibility index (Phi) is 3.30. The number of halogens is 1. The van der Waals surface area contributed by atoms with Crippen LogP contribution in [0, 0.1) is 0 Å². The number of aromatic nitrogens is 2. The molecule has 1 aromatic rings. The van der Waals surface area contributed by atoms with Crippen LogP contribution < -0.4 is 10.5 Å². The average molecular weight is 288 g/mol. The lowest BCUT2D eigenvalue weighted by Crippen LogP contribution is -2.38. The van der Waals surface area contributed by atoms with E-state index in [2.05, 4.69) is 25.9 Å². The molecule has 16 heavy (non-hydrogen) atoms. The summed E-state index contributed by atoms with van der Waals surface area (Å²) in [4.78, 5) is 20.1. The summed E-state index contributed by atoms with van der Waals surface area (Å²) in [6, 6.07) is 0.269. The van der Waals surface area contributed by atoms with Gasteiger partial charge in [-0.25, -0.2) is 4.98 Å². The third-order valence-electron chi connectivity index (χ3n) is 2.95. The van der Waals surface area contributed by atoms with Crippen molar-refractivity contribution in [3.63, 3.8) is 0 Å². The van der Waals surface area contributed by atoms with Crippen molar-refractivity contribution in [2.45, 2.75) is 25.5 Å². The standard InChI is InChI=1S/C10H14BrN3O2/c1-6-7(3-4-16-6)14(2)9-8(11)10(15)13-5-12-9/h5-7H,3-4H2,1-2H3,(H,12,13,15). The maximum absolute atomic E-state index is 11.4. The van der Waals surface area contributed by atoms with Crippen LogP contribution in [0.25, 0.3) is 0 Å². The molecule has 0 amide bonds. The van der Waals surface area contributed by atoms with Crippen LogP contribution in [0.15, 0.2) is 15.6 Å². The van der Waals surface area contributed by atoms with Gasteiger partial charge in [0, 0.05) is 13.7 Å². The molecule has 0 radical (unpaired) electrons. The van der Waals surface area contributed by atoms with Gasteiger partial charge in [-0.05, 0) is 29.3 Å². The number of nitrogens with zero attached hydrogens (tertiary/aromatic N) is 2. The molecule has 0 bridgehead atoms. The Hall–Kier alpha value is -0.880. The second kappa shape index (κ2) is 4.55. The summed E-state index contributed by atoms with van der Waals surface area (Å²) in [5, 5.41) is 0. The van der Waals surface area contributed by atoms with E-state index in [4.69, 9.17) is 4.74 Å². The maximum atomic E-state index is 11.4.